The van der Waals surface area contributed by atoms with Gasteiger partial charge < -0.3 is 4.74 Å². The largest absolute Gasteiger partial charge is 0.380 e. The van der Waals surface area contributed by atoms with Gasteiger partial charge >= 0.3 is 0 Å². The summed E-state index contributed by atoms with van der Waals surface area (Å²) in [5.41, 5.74) is 2.13. The van der Waals surface area contributed by atoms with Gasteiger partial charge in [-0.2, -0.15) is 0 Å². The van der Waals surface area contributed by atoms with Crippen molar-refractivity contribution in [2.24, 2.45) is 0 Å². The van der Waals surface area contributed by atoms with Gasteiger partial charge in [-0.15, -0.1) is 0 Å². The molecule has 0 fully saturated rings. The summed E-state index contributed by atoms with van der Waals surface area (Å²) >= 11 is 6.06. The lowest BCUT2D eigenvalue weighted by Crippen LogP contribution is -1.94. The minimum atomic E-state index is -0.318. The highest BCUT2D eigenvalue weighted by Gasteiger charge is 2.12. The Morgan fingerprint density at radius 1 is 1.12 bits per heavy atom. The number of rotatable bonds is 3. The molecule has 17 heavy (non-hydrogen) atoms. The number of hydrogen-bond donors (Lipinski definition) is 0. The molecule has 2 aromatic rings. The molecule has 0 amide bonds. The van der Waals surface area contributed by atoms with E-state index in [0.29, 0.717) is 17.2 Å². The highest BCUT2D eigenvalue weighted by Crippen LogP contribution is 2.32. The van der Waals surface area contributed by atoms with E-state index < -0.39 is 0 Å². The van der Waals surface area contributed by atoms with Crippen LogP contribution in [0.5, 0.6) is 0 Å². The SMILES string of the molecule is COCc1ccccc1-c1c(F)cccc1Cl. The Balaban J connectivity index is 2.60. The molecule has 0 bridgehead atoms. The fourth-order valence-electron chi connectivity index (χ4n) is 1.80. The van der Waals surface area contributed by atoms with E-state index in [1.807, 2.05) is 24.3 Å². The van der Waals surface area contributed by atoms with Gasteiger partial charge in [-0.25, -0.2) is 4.39 Å². The van der Waals surface area contributed by atoms with Crippen LogP contribution in [-0.4, -0.2) is 7.11 Å². The molecule has 1 nitrogen and oxygen atoms in total. The quantitative estimate of drug-likeness (QED) is 0.790. The maximum absolute atomic E-state index is 13.8. The minimum absolute atomic E-state index is 0.318. The first-order valence-electron chi connectivity index (χ1n) is 5.25. The summed E-state index contributed by atoms with van der Waals surface area (Å²) in [6, 6.07) is 12.2. The third kappa shape index (κ3) is 2.48. The Bertz CT molecular complexity index is 505. The summed E-state index contributed by atoms with van der Waals surface area (Å²) in [5.74, 6) is -0.318. The van der Waals surface area contributed by atoms with Gasteiger partial charge in [0, 0.05) is 12.7 Å². The van der Waals surface area contributed by atoms with Crippen LogP contribution in [0.15, 0.2) is 42.5 Å². The molecule has 88 valence electrons. The molecule has 0 heterocycles. The lowest BCUT2D eigenvalue weighted by atomic mass is 9.99. The van der Waals surface area contributed by atoms with Crippen molar-refractivity contribution >= 4 is 11.6 Å². The van der Waals surface area contributed by atoms with Crippen LogP contribution in [-0.2, 0) is 11.3 Å². The molecular formula is C14H12ClFO. The van der Waals surface area contributed by atoms with Gasteiger partial charge in [-0.05, 0) is 23.3 Å². The van der Waals surface area contributed by atoms with Crippen molar-refractivity contribution in [2.75, 3.05) is 7.11 Å². The number of benzene rings is 2. The zero-order chi connectivity index (χ0) is 12.3. The van der Waals surface area contributed by atoms with Crippen molar-refractivity contribution in [1.82, 2.24) is 0 Å². The van der Waals surface area contributed by atoms with Gasteiger partial charge in [-0.3, -0.25) is 0 Å². The Morgan fingerprint density at radius 3 is 2.59 bits per heavy atom. The lowest BCUT2D eigenvalue weighted by molar-refractivity contribution is 0.185. The highest BCUT2D eigenvalue weighted by atomic mass is 35.5. The number of hydrogen-bond acceptors (Lipinski definition) is 1. The second kappa shape index (κ2) is 5.30. The van der Waals surface area contributed by atoms with E-state index in [0.717, 1.165) is 11.1 Å². The number of halogens is 2. The molecule has 0 unspecified atom stereocenters. The second-order valence-corrected chi connectivity index (χ2v) is 4.09. The third-order valence-electron chi connectivity index (χ3n) is 2.55. The van der Waals surface area contributed by atoms with Crippen LogP contribution in [0.2, 0.25) is 5.02 Å². The van der Waals surface area contributed by atoms with Gasteiger partial charge in [0.05, 0.1) is 11.6 Å². The molecule has 3 heteroatoms. The molecule has 2 rings (SSSR count). The summed E-state index contributed by atoms with van der Waals surface area (Å²) in [7, 11) is 1.61. The second-order valence-electron chi connectivity index (χ2n) is 3.69. The first-order valence-corrected chi connectivity index (χ1v) is 5.63. The molecule has 0 aliphatic carbocycles. The molecule has 0 aliphatic heterocycles. The van der Waals surface area contributed by atoms with Crippen molar-refractivity contribution in [2.45, 2.75) is 6.61 Å². The normalized spacial score (nSPS) is 10.5. The molecule has 0 spiro atoms. The summed E-state index contributed by atoms with van der Waals surface area (Å²) in [6.07, 6.45) is 0. The first-order chi connectivity index (χ1) is 8.24. The summed E-state index contributed by atoms with van der Waals surface area (Å²) in [6.45, 7) is 0.431. The molecule has 0 atom stereocenters. The maximum atomic E-state index is 13.8. The smallest absolute Gasteiger partial charge is 0.132 e. The third-order valence-corrected chi connectivity index (χ3v) is 2.86. The van der Waals surface area contributed by atoms with Gasteiger partial charge in [0.25, 0.3) is 0 Å². The standard InChI is InChI=1S/C14H12ClFO/c1-17-9-10-5-2-3-6-11(10)14-12(15)7-4-8-13(14)16/h2-8H,9H2,1H3. The Morgan fingerprint density at radius 2 is 1.88 bits per heavy atom. The van der Waals surface area contributed by atoms with E-state index in [1.165, 1.54) is 6.07 Å². The van der Waals surface area contributed by atoms with E-state index >= 15 is 0 Å². The van der Waals surface area contributed by atoms with Crippen molar-refractivity contribution in [1.29, 1.82) is 0 Å². The minimum Gasteiger partial charge on any atom is -0.380 e. The fraction of sp³-hybridized carbons (Fsp3) is 0.143. The van der Waals surface area contributed by atoms with Crippen molar-refractivity contribution < 1.29 is 9.13 Å². The molecule has 0 saturated carbocycles. The first kappa shape index (κ1) is 12.1. The molecular weight excluding hydrogens is 239 g/mol. The van der Waals surface area contributed by atoms with Crippen LogP contribution in [0.25, 0.3) is 11.1 Å². The highest BCUT2D eigenvalue weighted by molar-refractivity contribution is 6.33. The lowest BCUT2D eigenvalue weighted by Gasteiger charge is -2.11. The van der Waals surface area contributed by atoms with Crippen LogP contribution < -0.4 is 0 Å². The zero-order valence-corrected chi connectivity index (χ0v) is 10.2. The Hall–Kier alpha value is -1.38. The van der Waals surface area contributed by atoms with Crippen LogP contribution in [0.4, 0.5) is 4.39 Å². The van der Waals surface area contributed by atoms with Crippen LogP contribution >= 0.6 is 11.6 Å². The average molecular weight is 251 g/mol. The van der Waals surface area contributed by atoms with Crippen molar-refractivity contribution in [3.63, 3.8) is 0 Å². The number of ether oxygens (including phenoxy) is 1. The topological polar surface area (TPSA) is 9.23 Å². The molecule has 0 aliphatic rings. The van der Waals surface area contributed by atoms with Crippen LogP contribution in [0.1, 0.15) is 5.56 Å². The van der Waals surface area contributed by atoms with E-state index in [2.05, 4.69) is 0 Å². The van der Waals surface area contributed by atoms with Gasteiger partial charge in [0.1, 0.15) is 5.82 Å². The molecule has 0 aromatic heterocycles. The van der Waals surface area contributed by atoms with Gasteiger partial charge in [0.15, 0.2) is 0 Å². The number of methoxy groups -OCH3 is 1. The van der Waals surface area contributed by atoms with Gasteiger partial charge in [-0.1, -0.05) is 41.9 Å². The Labute approximate surface area is 105 Å². The molecule has 2 aromatic carbocycles. The summed E-state index contributed by atoms with van der Waals surface area (Å²) < 4.78 is 18.9. The predicted molar refractivity (Wildman–Crippen MR) is 67.6 cm³/mol. The monoisotopic (exact) mass is 250 g/mol. The van der Waals surface area contributed by atoms with Crippen molar-refractivity contribution in [3.8, 4) is 11.1 Å². The Kier molecular flexibility index (Phi) is 3.77. The fourth-order valence-corrected chi connectivity index (χ4v) is 2.07. The van der Waals surface area contributed by atoms with E-state index in [1.54, 1.807) is 19.2 Å². The van der Waals surface area contributed by atoms with Crippen LogP contribution in [0.3, 0.4) is 0 Å². The van der Waals surface area contributed by atoms with E-state index in [4.69, 9.17) is 16.3 Å². The van der Waals surface area contributed by atoms with E-state index in [-0.39, 0.29) is 5.82 Å². The zero-order valence-electron chi connectivity index (χ0n) is 9.41. The van der Waals surface area contributed by atoms with Gasteiger partial charge in [0.2, 0.25) is 0 Å². The van der Waals surface area contributed by atoms with Crippen molar-refractivity contribution in [3.05, 3.63) is 58.9 Å². The maximum Gasteiger partial charge on any atom is 0.132 e. The average Bonchev–Trinajstić information content (AvgIpc) is 2.31. The summed E-state index contributed by atoms with van der Waals surface area (Å²) in [5, 5.41) is 0.411. The molecule has 0 radical (unpaired) electrons. The van der Waals surface area contributed by atoms with Crippen LogP contribution in [0, 0.1) is 5.82 Å². The summed E-state index contributed by atoms with van der Waals surface area (Å²) in [4.78, 5) is 0. The molecule has 0 N–H and O–H groups in total. The predicted octanol–water partition coefficient (Wildman–Crippen LogP) is 4.29. The van der Waals surface area contributed by atoms with E-state index in [9.17, 15) is 4.39 Å². The molecule has 0 saturated heterocycles.